The maximum Gasteiger partial charge on any atom is 0.257 e. The number of aromatic nitrogens is 3. The highest BCUT2D eigenvalue weighted by Crippen LogP contribution is 2.23. The highest BCUT2D eigenvalue weighted by molar-refractivity contribution is 6.04. The van der Waals surface area contributed by atoms with Crippen LogP contribution in [0, 0.1) is 5.82 Å². The molecule has 1 fully saturated rings. The molecule has 0 spiro atoms. The van der Waals surface area contributed by atoms with Gasteiger partial charge in [0.25, 0.3) is 5.91 Å². The summed E-state index contributed by atoms with van der Waals surface area (Å²) >= 11 is 0. The Morgan fingerprint density at radius 2 is 2.12 bits per heavy atom. The van der Waals surface area contributed by atoms with Gasteiger partial charge in [-0.1, -0.05) is 0 Å². The van der Waals surface area contributed by atoms with Crippen LogP contribution >= 0.6 is 0 Å². The summed E-state index contributed by atoms with van der Waals surface area (Å²) in [4.78, 5) is 20.4. The molecule has 1 aliphatic carbocycles. The number of imidazole rings is 1. The van der Waals surface area contributed by atoms with Gasteiger partial charge in [-0.15, -0.1) is 0 Å². The number of carbonyl (C=O) groups excluding carboxylic acids is 1. The predicted octanol–water partition coefficient (Wildman–Crippen LogP) is 3.23. The second-order valence-electron chi connectivity index (χ2n) is 5.94. The second kappa shape index (κ2) is 6.35. The molecule has 0 atom stereocenters. The number of amides is 1. The van der Waals surface area contributed by atoms with Gasteiger partial charge in [-0.3, -0.25) is 4.79 Å². The van der Waals surface area contributed by atoms with Crippen molar-refractivity contribution in [3.63, 3.8) is 0 Å². The molecule has 1 saturated carbocycles. The van der Waals surface area contributed by atoms with Crippen LogP contribution in [0.1, 0.15) is 23.2 Å². The van der Waals surface area contributed by atoms with E-state index in [1.165, 1.54) is 18.6 Å². The van der Waals surface area contributed by atoms with E-state index in [-0.39, 0.29) is 5.91 Å². The van der Waals surface area contributed by atoms with E-state index < -0.39 is 5.82 Å². The van der Waals surface area contributed by atoms with Crippen molar-refractivity contribution in [3.05, 3.63) is 66.6 Å². The molecule has 0 bridgehead atoms. The number of anilines is 2. The standard InChI is InChI=1S/C18H16FN5O/c19-15-9-14(4-5-16(15)24-8-7-20-11-24)23-18(25)12-1-6-17(21-10-12)22-13-2-3-13/h1,4-11,13H,2-3H2,(H,21,22)(H,23,25). The summed E-state index contributed by atoms with van der Waals surface area (Å²) in [6.45, 7) is 0. The fraction of sp³-hybridized carbons (Fsp3) is 0.167. The van der Waals surface area contributed by atoms with Crippen LogP contribution < -0.4 is 10.6 Å². The zero-order valence-electron chi connectivity index (χ0n) is 13.3. The molecule has 2 aromatic heterocycles. The first kappa shape index (κ1) is 15.3. The van der Waals surface area contributed by atoms with E-state index in [0.717, 1.165) is 18.7 Å². The summed E-state index contributed by atoms with van der Waals surface area (Å²) in [6.07, 6.45) is 8.56. The minimum atomic E-state index is -0.446. The average molecular weight is 337 g/mol. The maximum absolute atomic E-state index is 14.2. The molecule has 0 aliphatic heterocycles. The normalized spacial score (nSPS) is 13.5. The summed E-state index contributed by atoms with van der Waals surface area (Å²) in [5.41, 5.74) is 1.17. The smallest absolute Gasteiger partial charge is 0.257 e. The van der Waals surface area contributed by atoms with Gasteiger partial charge in [0.2, 0.25) is 0 Å². The molecule has 4 rings (SSSR count). The maximum atomic E-state index is 14.2. The summed E-state index contributed by atoms with van der Waals surface area (Å²) in [5, 5.41) is 5.94. The molecular weight excluding hydrogens is 321 g/mol. The van der Waals surface area contributed by atoms with E-state index >= 15 is 0 Å². The fourth-order valence-corrected chi connectivity index (χ4v) is 2.45. The Balaban J connectivity index is 1.45. The number of benzene rings is 1. The molecule has 0 saturated heterocycles. The van der Waals surface area contributed by atoms with Crippen molar-refractivity contribution in [1.82, 2.24) is 14.5 Å². The van der Waals surface area contributed by atoms with E-state index in [2.05, 4.69) is 20.6 Å². The zero-order chi connectivity index (χ0) is 17.2. The number of pyridine rings is 1. The second-order valence-corrected chi connectivity index (χ2v) is 5.94. The van der Waals surface area contributed by atoms with Crippen LogP contribution in [0.2, 0.25) is 0 Å². The molecule has 1 aromatic carbocycles. The monoisotopic (exact) mass is 337 g/mol. The number of hydrogen-bond acceptors (Lipinski definition) is 4. The van der Waals surface area contributed by atoms with Crippen molar-refractivity contribution >= 4 is 17.4 Å². The minimum absolute atomic E-state index is 0.333. The van der Waals surface area contributed by atoms with Crippen LogP contribution in [0.15, 0.2) is 55.2 Å². The third-order valence-corrected chi connectivity index (χ3v) is 3.94. The van der Waals surface area contributed by atoms with Crippen molar-refractivity contribution in [2.45, 2.75) is 18.9 Å². The van der Waals surface area contributed by atoms with Gasteiger partial charge in [-0.2, -0.15) is 0 Å². The van der Waals surface area contributed by atoms with Gasteiger partial charge in [0.1, 0.15) is 11.6 Å². The third kappa shape index (κ3) is 3.50. The molecule has 1 amide bonds. The summed E-state index contributed by atoms with van der Waals surface area (Å²) in [5.74, 6) is -0.0204. The van der Waals surface area contributed by atoms with Gasteiger partial charge in [-0.05, 0) is 43.2 Å². The van der Waals surface area contributed by atoms with Crippen LogP contribution in [0.3, 0.4) is 0 Å². The molecule has 7 heteroatoms. The number of nitrogens with one attached hydrogen (secondary N) is 2. The molecule has 6 nitrogen and oxygen atoms in total. The topological polar surface area (TPSA) is 71.8 Å². The Morgan fingerprint density at radius 1 is 1.24 bits per heavy atom. The van der Waals surface area contributed by atoms with Gasteiger partial charge in [-0.25, -0.2) is 14.4 Å². The molecule has 0 radical (unpaired) electrons. The number of carbonyl (C=O) groups is 1. The lowest BCUT2D eigenvalue weighted by Crippen LogP contribution is -2.13. The van der Waals surface area contributed by atoms with Crippen molar-refractivity contribution < 1.29 is 9.18 Å². The first-order valence-corrected chi connectivity index (χ1v) is 8.01. The lowest BCUT2D eigenvalue weighted by molar-refractivity contribution is 0.102. The van der Waals surface area contributed by atoms with Gasteiger partial charge >= 0.3 is 0 Å². The molecular formula is C18H16FN5O. The molecule has 25 heavy (non-hydrogen) atoms. The number of rotatable bonds is 5. The third-order valence-electron chi connectivity index (χ3n) is 3.94. The van der Waals surface area contributed by atoms with Crippen LogP contribution in [0.25, 0.3) is 5.69 Å². The van der Waals surface area contributed by atoms with E-state index in [0.29, 0.717) is 23.0 Å². The van der Waals surface area contributed by atoms with Crippen molar-refractivity contribution in [2.75, 3.05) is 10.6 Å². The van der Waals surface area contributed by atoms with Gasteiger partial charge < -0.3 is 15.2 Å². The molecule has 2 N–H and O–H groups in total. The van der Waals surface area contributed by atoms with Gasteiger partial charge in [0, 0.05) is 30.3 Å². The van der Waals surface area contributed by atoms with E-state index in [9.17, 15) is 9.18 Å². The Labute approximate surface area is 143 Å². The first-order valence-electron chi connectivity index (χ1n) is 8.01. The van der Waals surface area contributed by atoms with E-state index in [1.807, 2.05) is 0 Å². The average Bonchev–Trinajstić information content (AvgIpc) is 3.26. The zero-order valence-corrected chi connectivity index (χ0v) is 13.3. The Morgan fingerprint density at radius 3 is 2.76 bits per heavy atom. The molecule has 1 aliphatic rings. The quantitative estimate of drug-likeness (QED) is 0.750. The summed E-state index contributed by atoms with van der Waals surface area (Å²) in [7, 11) is 0. The molecule has 2 heterocycles. The van der Waals surface area contributed by atoms with Crippen LogP contribution in [0.5, 0.6) is 0 Å². The lowest BCUT2D eigenvalue weighted by Gasteiger charge is -2.09. The Kier molecular flexibility index (Phi) is 3.89. The van der Waals surface area contributed by atoms with Crippen LogP contribution in [-0.2, 0) is 0 Å². The van der Waals surface area contributed by atoms with Crippen LogP contribution in [0.4, 0.5) is 15.9 Å². The summed E-state index contributed by atoms with van der Waals surface area (Å²) in [6, 6.07) is 8.49. The number of halogens is 1. The van der Waals surface area contributed by atoms with Crippen molar-refractivity contribution in [3.8, 4) is 5.69 Å². The predicted molar refractivity (Wildman–Crippen MR) is 92.4 cm³/mol. The Hall–Kier alpha value is -3.22. The Bertz CT molecular complexity index is 888. The lowest BCUT2D eigenvalue weighted by atomic mass is 10.2. The SMILES string of the molecule is O=C(Nc1ccc(-n2ccnc2)c(F)c1)c1ccc(NC2CC2)nc1. The van der Waals surface area contributed by atoms with Crippen molar-refractivity contribution in [2.24, 2.45) is 0 Å². The molecule has 126 valence electrons. The van der Waals surface area contributed by atoms with Gasteiger partial charge in [0.05, 0.1) is 17.6 Å². The highest BCUT2D eigenvalue weighted by Gasteiger charge is 2.21. The van der Waals surface area contributed by atoms with E-state index in [1.54, 1.807) is 41.2 Å². The number of nitrogens with zero attached hydrogens (tertiary/aromatic N) is 3. The van der Waals surface area contributed by atoms with Crippen molar-refractivity contribution in [1.29, 1.82) is 0 Å². The minimum Gasteiger partial charge on any atom is -0.367 e. The fourth-order valence-electron chi connectivity index (χ4n) is 2.45. The van der Waals surface area contributed by atoms with Gasteiger partial charge in [0.15, 0.2) is 0 Å². The van der Waals surface area contributed by atoms with Crippen LogP contribution in [-0.4, -0.2) is 26.5 Å². The molecule has 3 aromatic rings. The number of hydrogen-bond donors (Lipinski definition) is 2. The largest absolute Gasteiger partial charge is 0.367 e. The highest BCUT2D eigenvalue weighted by atomic mass is 19.1. The summed E-state index contributed by atoms with van der Waals surface area (Å²) < 4.78 is 15.8. The first-order chi connectivity index (χ1) is 12.2. The molecule has 0 unspecified atom stereocenters. The van der Waals surface area contributed by atoms with E-state index in [4.69, 9.17) is 0 Å².